The van der Waals surface area contributed by atoms with Gasteiger partial charge in [-0.2, -0.15) is 0 Å². The maximum absolute atomic E-state index is 16.5. The molecule has 0 bridgehead atoms. The number of anilines is 2. The molecule has 3 amide bonds. The Morgan fingerprint density at radius 1 is 0.753 bits per heavy atom. The number of hydrogen-bond acceptors (Lipinski definition) is 12. The van der Waals surface area contributed by atoms with Crippen molar-refractivity contribution >= 4 is 60.1 Å². The number of halogens is 2. The maximum Gasteiger partial charge on any atom is 0.407 e. The molecule has 2 N–H and O–H groups in total. The first-order valence-electron chi connectivity index (χ1n) is 25.7. The van der Waals surface area contributed by atoms with Gasteiger partial charge in [-0.05, 0) is 105 Å². The summed E-state index contributed by atoms with van der Waals surface area (Å²) in [6, 6.07) is 16.0. The molecule has 0 unspecified atom stereocenters. The van der Waals surface area contributed by atoms with Gasteiger partial charge in [0.05, 0.1) is 82.0 Å². The standard InChI is InChI=1S/C54H71F2N7O9Si/c1-32(69-3)38(31-48(65)71-5)52(66)61-21-9-11-45(61)47(64)27-34-13-15-35(16-14-34)43-19-20-44(63(43)37-29-39(55)50(40(56)30-37)60-23-25-73(7,8)26-24-60)36-17-18-41-42(28-36)58-51(57-41)46-12-10-22-62(46)53(67)49(33(2)70-4)59-54(68)72-6/h13-18,28-30,32-33,38,43-46,49H,9-12,19-27,31H2,1-8H3,(H,57,58)(H,59,68)/t32-,33-,38+,43-,44-,45+,46+,49+/m1/s1. The van der Waals surface area contributed by atoms with Gasteiger partial charge in [0, 0.05) is 52.5 Å². The minimum absolute atomic E-state index is 0.0132. The van der Waals surface area contributed by atoms with E-state index in [1.54, 1.807) is 23.6 Å². The summed E-state index contributed by atoms with van der Waals surface area (Å²) >= 11 is 0. The van der Waals surface area contributed by atoms with Crippen LogP contribution in [0.25, 0.3) is 11.0 Å². The van der Waals surface area contributed by atoms with Crippen molar-refractivity contribution in [3.63, 3.8) is 0 Å². The molecule has 8 rings (SSSR count). The molecule has 4 fully saturated rings. The van der Waals surface area contributed by atoms with Gasteiger partial charge in [-0.1, -0.05) is 43.4 Å². The first kappa shape index (κ1) is 53.4. The minimum Gasteiger partial charge on any atom is -0.469 e. The van der Waals surface area contributed by atoms with Gasteiger partial charge in [-0.3, -0.25) is 19.2 Å². The summed E-state index contributed by atoms with van der Waals surface area (Å²) in [7, 11) is 4.06. The van der Waals surface area contributed by atoms with E-state index in [1.165, 1.54) is 40.6 Å². The van der Waals surface area contributed by atoms with Crippen LogP contribution in [0.5, 0.6) is 0 Å². The fourth-order valence-electron chi connectivity index (χ4n) is 11.4. The van der Waals surface area contributed by atoms with Crippen molar-refractivity contribution in [2.45, 2.75) is 133 Å². The molecule has 4 saturated heterocycles. The zero-order valence-electron chi connectivity index (χ0n) is 43.4. The van der Waals surface area contributed by atoms with E-state index in [-0.39, 0.29) is 54.3 Å². The first-order chi connectivity index (χ1) is 34.9. The number of benzene rings is 3. The van der Waals surface area contributed by atoms with Crippen LogP contribution in [0.2, 0.25) is 25.2 Å². The van der Waals surface area contributed by atoms with Gasteiger partial charge < -0.3 is 48.8 Å². The molecule has 0 saturated carbocycles. The number of amides is 3. The third kappa shape index (κ3) is 11.4. The van der Waals surface area contributed by atoms with Crippen molar-refractivity contribution in [1.29, 1.82) is 0 Å². The van der Waals surface area contributed by atoms with E-state index in [0.29, 0.717) is 75.3 Å². The third-order valence-electron chi connectivity index (χ3n) is 16.0. The van der Waals surface area contributed by atoms with Gasteiger partial charge in [0.2, 0.25) is 11.8 Å². The first-order valence-corrected chi connectivity index (χ1v) is 29.1. The van der Waals surface area contributed by atoms with Crippen molar-refractivity contribution in [3.05, 3.63) is 88.7 Å². The van der Waals surface area contributed by atoms with Crippen LogP contribution in [0.3, 0.4) is 0 Å². The molecule has 394 valence electrons. The molecule has 16 nitrogen and oxygen atoms in total. The molecule has 0 radical (unpaired) electrons. The molecule has 4 aliphatic rings. The topological polar surface area (TPSA) is 176 Å². The van der Waals surface area contributed by atoms with Crippen LogP contribution >= 0.6 is 0 Å². The summed E-state index contributed by atoms with van der Waals surface area (Å²) in [5.74, 6) is -2.62. The van der Waals surface area contributed by atoms with Gasteiger partial charge in [0.25, 0.3) is 0 Å². The number of carbonyl (C=O) groups is 5. The number of esters is 1. The molecule has 73 heavy (non-hydrogen) atoms. The Morgan fingerprint density at radius 2 is 1.38 bits per heavy atom. The smallest absolute Gasteiger partial charge is 0.407 e. The zero-order chi connectivity index (χ0) is 52.3. The quantitative estimate of drug-likeness (QED) is 0.0768. The highest BCUT2D eigenvalue weighted by Crippen LogP contribution is 2.49. The molecule has 4 aliphatic heterocycles. The van der Waals surface area contributed by atoms with Crippen molar-refractivity contribution < 1.29 is 51.7 Å². The summed E-state index contributed by atoms with van der Waals surface area (Å²) in [4.78, 5) is 82.0. The summed E-state index contributed by atoms with van der Waals surface area (Å²) in [5, 5.41) is 2.63. The van der Waals surface area contributed by atoms with Crippen LogP contribution in [0.4, 0.5) is 25.0 Å². The number of Topliss-reactive ketones (excluding diaryl/α,β-unsaturated/α-hetero) is 1. The fraction of sp³-hybridized carbons (Fsp3) is 0.556. The van der Waals surface area contributed by atoms with E-state index in [4.69, 9.17) is 23.9 Å². The van der Waals surface area contributed by atoms with Crippen LogP contribution in [-0.2, 0) is 44.5 Å². The van der Waals surface area contributed by atoms with Crippen LogP contribution in [0, 0.1) is 17.6 Å². The number of alkyl carbamates (subject to hydrolysis) is 1. The third-order valence-corrected chi connectivity index (χ3v) is 19.1. The number of ketones is 1. The van der Waals surface area contributed by atoms with E-state index in [9.17, 15) is 24.0 Å². The normalized spacial score (nSPS) is 22.5. The van der Waals surface area contributed by atoms with E-state index in [1.807, 2.05) is 47.4 Å². The molecule has 1 aromatic heterocycles. The predicted octanol–water partition coefficient (Wildman–Crippen LogP) is 8.19. The van der Waals surface area contributed by atoms with E-state index < -0.39 is 62.0 Å². The molecule has 4 aromatic rings. The number of aromatic nitrogens is 2. The lowest BCUT2D eigenvalue weighted by atomic mass is 9.95. The average Bonchev–Trinajstić information content (AvgIpc) is 4.23. The number of nitrogens with one attached hydrogen (secondary N) is 2. The molecule has 8 atom stereocenters. The molecule has 0 aliphatic carbocycles. The summed E-state index contributed by atoms with van der Waals surface area (Å²) < 4.78 is 53.7. The van der Waals surface area contributed by atoms with Gasteiger partial charge in [0.15, 0.2) is 17.4 Å². The van der Waals surface area contributed by atoms with Crippen molar-refractivity contribution in [1.82, 2.24) is 25.1 Å². The monoisotopic (exact) mass is 1030 g/mol. The minimum atomic E-state index is -1.42. The average molecular weight is 1030 g/mol. The Balaban J connectivity index is 1.06. The molecular weight excluding hydrogens is 957 g/mol. The Morgan fingerprint density at radius 3 is 2.03 bits per heavy atom. The zero-order valence-corrected chi connectivity index (χ0v) is 44.4. The number of nitrogens with zero attached hydrogens (tertiary/aromatic N) is 5. The lowest BCUT2D eigenvalue weighted by Crippen LogP contribution is -2.54. The number of ether oxygens (including phenoxy) is 4. The lowest BCUT2D eigenvalue weighted by molar-refractivity contribution is -0.151. The Bertz CT molecular complexity index is 2640. The maximum atomic E-state index is 16.5. The second kappa shape index (κ2) is 22.7. The number of likely N-dealkylation sites (tertiary alicyclic amines) is 2. The summed E-state index contributed by atoms with van der Waals surface area (Å²) in [6.07, 6.45) is 1.92. The lowest BCUT2D eigenvalue weighted by Gasteiger charge is -2.38. The van der Waals surface area contributed by atoms with Crippen LogP contribution in [-0.4, -0.2) is 136 Å². The Labute approximate surface area is 427 Å². The molecule has 0 spiro atoms. The van der Waals surface area contributed by atoms with Gasteiger partial charge >= 0.3 is 12.1 Å². The predicted molar refractivity (Wildman–Crippen MR) is 275 cm³/mol. The largest absolute Gasteiger partial charge is 0.469 e. The number of H-pyrrole nitrogens is 1. The highest BCUT2D eigenvalue weighted by atomic mass is 28.3. The SMILES string of the molecule is COC(=O)C[C@H](C(=O)N1CCC[C@H]1C(=O)Cc1ccc([C@H]2CC[C@H](c3ccc4nc([C@@H]5CCCN5C(=O)[C@@H](NC(=O)OC)[C@@H](C)OC)[nH]c4c3)N2c2cc(F)c(N3CC[Si](C)(C)CC3)c(F)c2)cc1)[C@@H](C)OC. The molecule has 19 heteroatoms. The molecule has 5 heterocycles. The summed E-state index contributed by atoms with van der Waals surface area (Å²) in [5.41, 5.74) is 4.48. The van der Waals surface area contributed by atoms with Crippen molar-refractivity contribution in [2.75, 3.05) is 64.4 Å². The van der Waals surface area contributed by atoms with Crippen LogP contribution in [0.1, 0.15) is 99.4 Å². The number of aromatic amines is 1. The van der Waals surface area contributed by atoms with Gasteiger partial charge in [0.1, 0.15) is 17.6 Å². The van der Waals surface area contributed by atoms with Crippen molar-refractivity contribution in [3.8, 4) is 0 Å². The van der Waals surface area contributed by atoms with Gasteiger partial charge in [-0.25, -0.2) is 18.6 Å². The van der Waals surface area contributed by atoms with Crippen LogP contribution in [0.15, 0.2) is 54.6 Å². The highest BCUT2D eigenvalue weighted by molar-refractivity contribution is 6.77. The van der Waals surface area contributed by atoms with E-state index in [0.717, 1.165) is 40.7 Å². The Kier molecular flexibility index (Phi) is 16.6. The Hall–Kier alpha value is -5.92. The fourth-order valence-corrected chi connectivity index (χ4v) is 13.4. The second-order valence-corrected chi connectivity index (χ2v) is 26.3. The molecule has 3 aromatic carbocycles. The number of imidazole rings is 1. The van der Waals surface area contributed by atoms with E-state index in [2.05, 4.69) is 28.3 Å². The van der Waals surface area contributed by atoms with Crippen molar-refractivity contribution in [2.24, 2.45) is 5.92 Å². The number of methoxy groups -OCH3 is 4. The van der Waals surface area contributed by atoms with E-state index >= 15 is 8.78 Å². The molecular formula is C54H71F2N7O9Si. The summed E-state index contributed by atoms with van der Waals surface area (Å²) in [6.45, 7) is 10.2. The second-order valence-electron chi connectivity index (χ2n) is 21.0. The van der Waals surface area contributed by atoms with Gasteiger partial charge in [-0.15, -0.1) is 0 Å². The van der Waals surface area contributed by atoms with Crippen LogP contribution < -0.4 is 15.1 Å². The number of rotatable bonds is 17. The number of fused-ring (bicyclic) bond motifs is 1. The highest BCUT2D eigenvalue weighted by Gasteiger charge is 2.42. The number of hydrogen-bond donors (Lipinski definition) is 2. The number of carbonyl (C=O) groups excluding carboxylic acids is 5.